The van der Waals surface area contributed by atoms with Crippen molar-refractivity contribution in [1.29, 1.82) is 0 Å². The third kappa shape index (κ3) is 2.20. The van der Waals surface area contributed by atoms with Gasteiger partial charge in [0.25, 0.3) is 0 Å². The van der Waals surface area contributed by atoms with Crippen molar-refractivity contribution >= 4 is 23.2 Å². The van der Waals surface area contributed by atoms with Crippen LogP contribution in [0, 0.1) is 5.82 Å². The molecular formula is C12H13Cl2FO. The molecule has 0 unspecified atom stereocenters. The standard InChI is InChI=1S/C12H13Cl2FO/c13-8-6-9(11(15)10(14)7-8)12(16)4-2-1-3-5-12/h6-7,16H,1-5H2. The molecule has 0 amide bonds. The van der Waals surface area contributed by atoms with E-state index in [2.05, 4.69) is 0 Å². The maximum atomic E-state index is 13.9. The van der Waals surface area contributed by atoms with Crippen LogP contribution in [0.2, 0.25) is 10.0 Å². The van der Waals surface area contributed by atoms with Gasteiger partial charge in [-0.25, -0.2) is 4.39 Å². The SMILES string of the molecule is OC1(c2cc(Cl)cc(Cl)c2F)CCCCC1. The number of halogens is 3. The van der Waals surface area contributed by atoms with Gasteiger partial charge in [0.2, 0.25) is 0 Å². The fourth-order valence-electron chi connectivity index (χ4n) is 2.30. The number of hydrogen-bond acceptors (Lipinski definition) is 1. The first kappa shape index (κ1) is 12.2. The van der Waals surface area contributed by atoms with Crippen molar-refractivity contribution in [3.63, 3.8) is 0 Å². The van der Waals surface area contributed by atoms with Crippen molar-refractivity contribution in [2.75, 3.05) is 0 Å². The Hall–Kier alpha value is -0.310. The van der Waals surface area contributed by atoms with Gasteiger partial charge in [0, 0.05) is 10.6 Å². The van der Waals surface area contributed by atoms with Gasteiger partial charge >= 0.3 is 0 Å². The molecule has 1 aliphatic rings. The van der Waals surface area contributed by atoms with Crippen molar-refractivity contribution in [3.05, 3.63) is 33.6 Å². The molecule has 2 rings (SSSR count). The van der Waals surface area contributed by atoms with Crippen molar-refractivity contribution in [3.8, 4) is 0 Å². The molecule has 1 N–H and O–H groups in total. The summed E-state index contributed by atoms with van der Waals surface area (Å²) in [5, 5.41) is 10.8. The molecule has 0 bridgehead atoms. The maximum absolute atomic E-state index is 13.9. The van der Waals surface area contributed by atoms with E-state index in [-0.39, 0.29) is 10.6 Å². The van der Waals surface area contributed by atoms with E-state index >= 15 is 0 Å². The number of aliphatic hydroxyl groups is 1. The Bertz CT molecular complexity index is 400. The van der Waals surface area contributed by atoms with Crippen molar-refractivity contribution in [1.82, 2.24) is 0 Å². The lowest BCUT2D eigenvalue weighted by Gasteiger charge is -2.33. The van der Waals surface area contributed by atoms with E-state index in [4.69, 9.17) is 23.2 Å². The lowest BCUT2D eigenvalue weighted by atomic mass is 9.79. The quantitative estimate of drug-likeness (QED) is 0.749. The first-order valence-corrected chi connectivity index (χ1v) is 6.16. The molecule has 1 fully saturated rings. The third-order valence-corrected chi connectivity index (χ3v) is 3.67. The summed E-state index contributed by atoms with van der Waals surface area (Å²) < 4.78 is 13.9. The molecule has 0 saturated heterocycles. The minimum Gasteiger partial charge on any atom is -0.385 e. The van der Waals surface area contributed by atoms with E-state index < -0.39 is 11.4 Å². The van der Waals surface area contributed by atoms with Crippen LogP contribution in [0.5, 0.6) is 0 Å². The molecule has 0 heterocycles. The molecule has 0 aromatic heterocycles. The van der Waals surface area contributed by atoms with Gasteiger partial charge in [0.1, 0.15) is 5.82 Å². The van der Waals surface area contributed by atoms with Crippen molar-refractivity contribution < 1.29 is 9.50 Å². The normalized spacial score (nSPS) is 19.8. The van der Waals surface area contributed by atoms with Gasteiger partial charge in [0.05, 0.1) is 10.6 Å². The van der Waals surface area contributed by atoms with Crippen LogP contribution in [-0.2, 0) is 5.60 Å². The van der Waals surface area contributed by atoms with Gasteiger partial charge < -0.3 is 5.11 Å². The molecule has 0 aliphatic heterocycles. The second kappa shape index (κ2) is 4.52. The van der Waals surface area contributed by atoms with E-state index in [1.807, 2.05) is 0 Å². The number of hydrogen-bond donors (Lipinski definition) is 1. The molecule has 16 heavy (non-hydrogen) atoms. The lowest BCUT2D eigenvalue weighted by Crippen LogP contribution is -2.29. The highest BCUT2D eigenvalue weighted by atomic mass is 35.5. The van der Waals surface area contributed by atoms with E-state index in [9.17, 15) is 9.50 Å². The fourth-order valence-corrected chi connectivity index (χ4v) is 2.79. The van der Waals surface area contributed by atoms with Gasteiger partial charge in [-0.2, -0.15) is 0 Å². The lowest BCUT2D eigenvalue weighted by molar-refractivity contribution is -0.00371. The van der Waals surface area contributed by atoms with E-state index in [0.717, 1.165) is 19.3 Å². The molecule has 1 saturated carbocycles. The van der Waals surface area contributed by atoms with Crippen LogP contribution >= 0.6 is 23.2 Å². The van der Waals surface area contributed by atoms with Crippen LogP contribution in [0.4, 0.5) is 4.39 Å². The fraction of sp³-hybridized carbons (Fsp3) is 0.500. The Balaban J connectivity index is 2.45. The summed E-state index contributed by atoms with van der Waals surface area (Å²) in [6, 6.07) is 2.84. The summed E-state index contributed by atoms with van der Waals surface area (Å²) in [6.45, 7) is 0. The van der Waals surface area contributed by atoms with E-state index in [0.29, 0.717) is 17.9 Å². The molecule has 0 spiro atoms. The summed E-state index contributed by atoms with van der Waals surface area (Å²) in [4.78, 5) is 0. The molecule has 1 aromatic carbocycles. The molecular weight excluding hydrogens is 250 g/mol. The van der Waals surface area contributed by atoms with Gasteiger partial charge in [-0.15, -0.1) is 0 Å². The van der Waals surface area contributed by atoms with Crippen LogP contribution in [0.3, 0.4) is 0 Å². The largest absolute Gasteiger partial charge is 0.385 e. The second-order valence-corrected chi connectivity index (χ2v) is 5.19. The van der Waals surface area contributed by atoms with Gasteiger partial charge in [-0.1, -0.05) is 42.5 Å². The van der Waals surface area contributed by atoms with Gasteiger partial charge in [0.15, 0.2) is 0 Å². The highest BCUT2D eigenvalue weighted by Crippen LogP contribution is 2.40. The third-order valence-electron chi connectivity index (χ3n) is 3.18. The molecule has 0 atom stereocenters. The zero-order valence-electron chi connectivity index (χ0n) is 8.77. The molecule has 1 aliphatic carbocycles. The maximum Gasteiger partial charge on any atom is 0.147 e. The Morgan fingerprint density at radius 2 is 1.75 bits per heavy atom. The number of benzene rings is 1. The van der Waals surface area contributed by atoms with E-state index in [1.54, 1.807) is 0 Å². The monoisotopic (exact) mass is 262 g/mol. The highest BCUT2D eigenvalue weighted by molar-refractivity contribution is 6.34. The number of rotatable bonds is 1. The van der Waals surface area contributed by atoms with Crippen LogP contribution in [-0.4, -0.2) is 5.11 Å². The average Bonchev–Trinajstić information content (AvgIpc) is 2.24. The zero-order chi connectivity index (χ0) is 11.8. The predicted molar refractivity (Wildman–Crippen MR) is 63.4 cm³/mol. The minimum absolute atomic E-state index is 0.0264. The predicted octanol–water partition coefficient (Wildman–Crippen LogP) is 4.28. The van der Waals surface area contributed by atoms with Crippen molar-refractivity contribution in [2.45, 2.75) is 37.7 Å². The first-order chi connectivity index (χ1) is 7.53. The summed E-state index contributed by atoms with van der Waals surface area (Å²) in [7, 11) is 0. The molecule has 1 aromatic rings. The van der Waals surface area contributed by atoms with Crippen LogP contribution in [0.25, 0.3) is 0 Å². The Labute approximate surface area is 104 Å². The van der Waals surface area contributed by atoms with Crippen LogP contribution < -0.4 is 0 Å². The summed E-state index contributed by atoms with van der Waals surface area (Å²) in [5.41, 5.74) is -0.860. The zero-order valence-corrected chi connectivity index (χ0v) is 10.3. The van der Waals surface area contributed by atoms with E-state index in [1.165, 1.54) is 12.1 Å². The Kier molecular flexibility index (Phi) is 3.43. The Morgan fingerprint density at radius 1 is 1.12 bits per heavy atom. The average molecular weight is 263 g/mol. The van der Waals surface area contributed by atoms with Crippen LogP contribution in [0.15, 0.2) is 12.1 Å². The molecule has 4 heteroatoms. The smallest absolute Gasteiger partial charge is 0.147 e. The molecule has 88 valence electrons. The molecule has 1 nitrogen and oxygen atoms in total. The summed E-state index contributed by atoms with van der Waals surface area (Å²) in [5.74, 6) is -0.546. The van der Waals surface area contributed by atoms with Crippen LogP contribution in [0.1, 0.15) is 37.7 Å². The molecule has 0 radical (unpaired) electrons. The minimum atomic E-state index is -1.10. The van der Waals surface area contributed by atoms with Gasteiger partial charge in [-0.3, -0.25) is 0 Å². The Morgan fingerprint density at radius 3 is 2.38 bits per heavy atom. The highest BCUT2D eigenvalue weighted by Gasteiger charge is 2.34. The van der Waals surface area contributed by atoms with Gasteiger partial charge in [-0.05, 0) is 25.0 Å². The topological polar surface area (TPSA) is 20.2 Å². The summed E-state index contributed by atoms with van der Waals surface area (Å²) in [6.07, 6.45) is 4.03. The van der Waals surface area contributed by atoms with Crippen molar-refractivity contribution in [2.24, 2.45) is 0 Å². The second-order valence-electron chi connectivity index (χ2n) is 4.34. The summed E-state index contributed by atoms with van der Waals surface area (Å²) >= 11 is 11.6. The first-order valence-electron chi connectivity index (χ1n) is 5.40.